The van der Waals surface area contributed by atoms with Crippen LogP contribution in [-0.2, 0) is 13.1 Å². The van der Waals surface area contributed by atoms with Gasteiger partial charge in [0.05, 0.1) is 12.2 Å². The molecule has 0 radical (unpaired) electrons. The molecule has 1 aliphatic heterocycles. The molecule has 0 aliphatic carbocycles. The lowest BCUT2D eigenvalue weighted by atomic mass is 10.1. The maximum absolute atomic E-state index is 4.17. The fraction of sp³-hybridized carbons (Fsp3) is 0.846. The van der Waals surface area contributed by atoms with E-state index in [2.05, 4.69) is 40.6 Å². The second-order valence-electron chi connectivity index (χ2n) is 5.12. The summed E-state index contributed by atoms with van der Waals surface area (Å²) in [4.78, 5) is 2.54. The summed E-state index contributed by atoms with van der Waals surface area (Å²) in [5.74, 6) is 0.907. The molecule has 1 N–H and O–H groups in total. The highest BCUT2D eigenvalue weighted by Crippen LogP contribution is 2.18. The van der Waals surface area contributed by atoms with Crippen molar-refractivity contribution in [2.24, 2.45) is 5.92 Å². The van der Waals surface area contributed by atoms with E-state index in [1.807, 2.05) is 4.68 Å². The number of nitrogens with zero attached hydrogens (tertiary/aromatic N) is 4. The van der Waals surface area contributed by atoms with Gasteiger partial charge in [0, 0.05) is 25.8 Å². The largest absolute Gasteiger partial charge is 0.311 e. The van der Waals surface area contributed by atoms with Crippen LogP contribution < -0.4 is 5.32 Å². The van der Waals surface area contributed by atoms with Crippen LogP contribution in [-0.4, -0.2) is 46.1 Å². The van der Waals surface area contributed by atoms with E-state index in [4.69, 9.17) is 0 Å². The van der Waals surface area contributed by atoms with Crippen molar-refractivity contribution in [1.29, 1.82) is 0 Å². The smallest absolute Gasteiger partial charge is 0.0964 e. The van der Waals surface area contributed by atoms with E-state index >= 15 is 0 Å². The molecule has 0 spiro atoms. The molecule has 1 atom stereocenters. The Morgan fingerprint density at radius 2 is 2.28 bits per heavy atom. The lowest BCUT2D eigenvalue weighted by Crippen LogP contribution is -2.25. The molecular weight excluding hydrogens is 226 g/mol. The molecule has 2 heterocycles. The highest BCUT2D eigenvalue weighted by molar-refractivity contribution is 4.91. The van der Waals surface area contributed by atoms with Crippen molar-refractivity contribution in [2.45, 2.75) is 39.8 Å². The number of rotatable bonds is 7. The Morgan fingerprint density at radius 3 is 3.00 bits per heavy atom. The van der Waals surface area contributed by atoms with Crippen LogP contribution in [0.2, 0.25) is 0 Å². The van der Waals surface area contributed by atoms with Gasteiger partial charge in [-0.25, -0.2) is 0 Å². The molecule has 0 saturated carbocycles. The lowest BCUT2D eigenvalue weighted by molar-refractivity contribution is 0.301. The minimum atomic E-state index is 0.818. The van der Waals surface area contributed by atoms with E-state index in [0.29, 0.717) is 0 Å². The van der Waals surface area contributed by atoms with Crippen molar-refractivity contribution >= 4 is 0 Å². The van der Waals surface area contributed by atoms with Crippen LogP contribution >= 0.6 is 0 Å². The van der Waals surface area contributed by atoms with Gasteiger partial charge in [0.15, 0.2) is 0 Å². The van der Waals surface area contributed by atoms with Crippen LogP contribution in [0.5, 0.6) is 0 Å². The summed E-state index contributed by atoms with van der Waals surface area (Å²) < 4.78 is 1.96. The van der Waals surface area contributed by atoms with E-state index in [1.54, 1.807) is 0 Å². The van der Waals surface area contributed by atoms with Crippen molar-refractivity contribution in [2.75, 3.05) is 26.2 Å². The van der Waals surface area contributed by atoms with Gasteiger partial charge in [0.1, 0.15) is 0 Å². The molecule has 5 heteroatoms. The molecule has 1 fully saturated rings. The highest BCUT2D eigenvalue weighted by Gasteiger charge is 2.20. The van der Waals surface area contributed by atoms with Gasteiger partial charge in [0.25, 0.3) is 0 Å². The Morgan fingerprint density at radius 1 is 1.39 bits per heavy atom. The molecule has 18 heavy (non-hydrogen) atoms. The SMILES string of the molecule is CCNCc1cn(CCN2CCC(CC)C2)nn1. The van der Waals surface area contributed by atoms with E-state index < -0.39 is 0 Å². The normalized spacial score (nSPS) is 20.7. The van der Waals surface area contributed by atoms with E-state index in [9.17, 15) is 0 Å². The third-order valence-corrected chi connectivity index (χ3v) is 3.73. The zero-order chi connectivity index (χ0) is 12.8. The topological polar surface area (TPSA) is 46.0 Å². The Labute approximate surface area is 110 Å². The van der Waals surface area contributed by atoms with Crippen LogP contribution in [0.25, 0.3) is 0 Å². The third kappa shape index (κ3) is 3.78. The first-order chi connectivity index (χ1) is 8.81. The Kier molecular flexibility index (Phi) is 5.13. The van der Waals surface area contributed by atoms with Gasteiger partial charge in [0.2, 0.25) is 0 Å². The van der Waals surface area contributed by atoms with Crippen LogP contribution in [0.1, 0.15) is 32.4 Å². The molecule has 1 aliphatic rings. The minimum Gasteiger partial charge on any atom is -0.311 e. The predicted octanol–water partition coefficient (Wildman–Crippen LogP) is 1.12. The summed E-state index contributed by atoms with van der Waals surface area (Å²) in [6.07, 6.45) is 4.72. The minimum absolute atomic E-state index is 0.818. The molecule has 0 amide bonds. The first-order valence-corrected chi connectivity index (χ1v) is 7.14. The summed E-state index contributed by atoms with van der Waals surface area (Å²) in [6.45, 7) is 10.7. The number of nitrogens with one attached hydrogen (secondary N) is 1. The van der Waals surface area contributed by atoms with E-state index in [0.717, 1.165) is 37.8 Å². The van der Waals surface area contributed by atoms with Crippen molar-refractivity contribution in [3.63, 3.8) is 0 Å². The van der Waals surface area contributed by atoms with E-state index in [1.165, 1.54) is 25.9 Å². The zero-order valence-electron chi connectivity index (χ0n) is 11.6. The lowest BCUT2D eigenvalue weighted by Gasteiger charge is -2.14. The van der Waals surface area contributed by atoms with Gasteiger partial charge >= 0.3 is 0 Å². The van der Waals surface area contributed by atoms with Gasteiger partial charge in [-0.1, -0.05) is 25.5 Å². The second kappa shape index (κ2) is 6.85. The van der Waals surface area contributed by atoms with Gasteiger partial charge in [-0.3, -0.25) is 4.68 Å². The molecule has 2 rings (SSSR count). The first kappa shape index (κ1) is 13.5. The maximum atomic E-state index is 4.17. The summed E-state index contributed by atoms with van der Waals surface area (Å²) in [7, 11) is 0. The van der Waals surface area contributed by atoms with Crippen LogP contribution in [0.4, 0.5) is 0 Å². The average molecular weight is 251 g/mol. The number of likely N-dealkylation sites (tertiary alicyclic amines) is 1. The van der Waals surface area contributed by atoms with Crippen molar-refractivity contribution < 1.29 is 0 Å². The monoisotopic (exact) mass is 251 g/mol. The number of hydrogen-bond donors (Lipinski definition) is 1. The fourth-order valence-corrected chi connectivity index (χ4v) is 2.47. The summed E-state index contributed by atoms with van der Waals surface area (Å²) in [5.41, 5.74) is 1.03. The molecule has 102 valence electrons. The Balaban J connectivity index is 1.71. The maximum Gasteiger partial charge on any atom is 0.0964 e. The van der Waals surface area contributed by atoms with Gasteiger partial charge in [-0.15, -0.1) is 5.10 Å². The van der Waals surface area contributed by atoms with Crippen molar-refractivity contribution in [1.82, 2.24) is 25.2 Å². The van der Waals surface area contributed by atoms with Crippen LogP contribution in [0.3, 0.4) is 0 Å². The quantitative estimate of drug-likeness (QED) is 0.789. The second-order valence-corrected chi connectivity index (χ2v) is 5.12. The molecule has 1 aromatic heterocycles. The molecule has 0 aromatic carbocycles. The van der Waals surface area contributed by atoms with Gasteiger partial charge in [-0.2, -0.15) is 0 Å². The highest BCUT2D eigenvalue weighted by atomic mass is 15.4. The van der Waals surface area contributed by atoms with Crippen molar-refractivity contribution in [3.05, 3.63) is 11.9 Å². The fourth-order valence-electron chi connectivity index (χ4n) is 2.47. The molecule has 0 bridgehead atoms. The third-order valence-electron chi connectivity index (χ3n) is 3.73. The standard InChI is InChI=1S/C13H25N5/c1-3-12-5-6-17(10-12)7-8-18-11-13(15-16-18)9-14-4-2/h11-12,14H,3-10H2,1-2H3. The molecule has 5 nitrogen and oxygen atoms in total. The first-order valence-electron chi connectivity index (χ1n) is 7.14. The average Bonchev–Trinajstić information content (AvgIpc) is 3.03. The van der Waals surface area contributed by atoms with Crippen LogP contribution in [0.15, 0.2) is 6.20 Å². The summed E-state index contributed by atoms with van der Waals surface area (Å²) in [6, 6.07) is 0. The van der Waals surface area contributed by atoms with Gasteiger partial charge < -0.3 is 10.2 Å². The predicted molar refractivity (Wildman–Crippen MR) is 72.2 cm³/mol. The molecule has 1 unspecified atom stereocenters. The number of hydrogen-bond acceptors (Lipinski definition) is 4. The molecule has 1 saturated heterocycles. The van der Waals surface area contributed by atoms with Gasteiger partial charge in [-0.05, 0) is 25.4 Å². The number of aromatic nitrogens is 3. The zero-order valence-corrected chi connectivity index (χ0v) is 11.6. The molecule has 1 aromatic rings. The van der Waals surface area contributed by atoms with E-state index in [-0.39, 0.29) is 0 Å². The van der Waals surface area contributed by atoms with Crippen LogP contribution in [0, 0.1) is 5.92 Å². The molecular formula is C13H25N5. The Bertz CT molecular complexity index is 349. The summed E-state index contributed by atoms with van der Waals surface area (Å²) >= 11 is 0. The Hall–Kier alpha value is -0.940. The van der Waals surface area contributed by atoms with Crippen molar-refractivity contribution in [3.8, 4) is 0 Å². The summed E-state index contributed by atoms with van der Waals surface area (Å²) in [5, 5.41) is 11.6.